The van der Waals surface area contributed by atoms with E-state index in [-0.39, 0.29) is 24.2 Å². The Hall–Kier alpha value is -1.85. The number of methoxy groups -OCH3 is 1. The molecule has 116 valence electrons. The van der Waals surface area contributed by atoms with E-state index in [0.717, 1.165) is 23.8 Å². The lowest BCUT2D eigenvalue weighted by atomic mass is 10.1. The Morgan fingerprint density at radius 2 is 2.18 bits per heavy atom. The number of carbonyl (C=O) groups is 1. The first-order valence-corrected chi connectivity index (χ1v) is 7.72. The smallest absolute Gasteiger partial charge is 0.290 e. The minimum Gasteiger partial charge on any atom is -0.451 e. The monoisotopic (exact) mass is 301 g/mol. The lowest BCUT2D eigenvalue weighted by molar-refractivity contribution is -0.0950. The number of hydrogen-bond acceptors (Lipinski definition) is 4. The fourth-order valence-corrected chi connectivity index (χ4v) is 3.65. The van der Waals surface area contributed by atoms with Crippen molar-refractivity contribution in [2.24, 2.45) is 0 Å². The molecule has 0 N–H and O–H groups in total. The van der Waals surface area contributed by atoms with Crippen molar-refractivity contribution in [3.05, 3.63) is 36.1 Å². The summed E-state index contributed by atoms with van der Waals surface area (Å²) >= 11 is 0. The quantitative estimate of drug-likeness (QED) is 0.855. The number of furan rings is 1. The normalized spacial score (nSPS) is 28.0. The first-order chi connectivity index (χ1) is 10.8. The van der Waals surface area contributed by atoms with E-state index in [1.807, 2.05) is 35.2 Å². The van der Waals surface area contributed by atoms with Gasteiger partial charge in [0.1, 0.15) is 11.7 Å². The van der Waals surface area contributed by atoms with Crippen molar-refractivity contribution in [2.75, 3.05) is 20.3 Å². The second-order valence-electron chi connectivity index (χ2n) is 5.90. The second-order valence-corrected chi connectivity index (χ2v) is 5.90. The van der Waals surface area contributed by atoms with Crippen LogP contribution in [0.3, 0.4) is 0 Å². The zero-order valence-electron chi connectivity index (χ0n) is 12.5. The van der Waals surface area contributed by atoms with Crippen molar-refractivity contribution in [1.29, 1.82) is 0 Å². The number of rotatable bonds is 2. The molecule has 1 saturated carbocycles. The number of hydrogen-bond donors (Lipinski definition) is 0. The average Bonchev–Trinajstić information content (AvgIpc) is 3.17. The van der Waals surface area contributed by atoms with Crippen LogP contribution in [-0.2, 0) is 9.47 Å². The SMILES string of the molecule is CO[C@H]1CC[C@H]2[C@H]1OCCN2C(=O)c1cc2ccccc2o1. The van der Waals surface area contributed by atoms with Crippen molar-refractivity contribution in [3.63, 3.8) is 0 Å². The van der Waals surface area contributed by atoms with Crippen LogP contribution < -0.4 is 0 Å². The molecule has 2 fully saturated rings. The molecule has 2 aliphatic rings. The van der Waals surface area contributed by atoms with Gasteiger partial charge in [0.05, 0.1) is 18.8 Å². The van der Waals surface area contributed by atoms with Crippen LogP contribution in [0.5, 0.6) is 0 Å². The van der Waals surface area contributed by atoms with Gasteiger partial charge in [0, 0.05) is 19.0 Å². The summed E-state index contributed by atoms with van der Waals surface area (Å²) in [6, 6.07) is 9.59. The second kappa shape index (κ2) is 5.41. The first-order valence-electron chi connectivity index (χ1n) is 7.72. The molecule has 3 atom stereocenters. The van der Waals surface area contributed by atoms with E-state index < -0.39 is 0 Å². The fraction of sp³-hybridized carbons (Fsp3) is 0.471. The number of morpholine rings is 1. The molecule has 0 spiro atoms. The van der Waals surface area contributed by atoms with Gasteiger partial charge in [-0.3, -0.25) is 4.79 Å². The number of carbonyl (C=O) groups excluding carboxylic acids is 1. The van der Waals surface area contributed by atoms with Gasteiger partial charge < -0.3 is 18.8 Å². The van der Waals surface area contributed by atoms with Gasteiger partial charge in [0.15, 0.2) is 5.76 Å². The Labute approximate surface area is 128 Å². The topological polar surface area (TPSA) is 51.9 Å². The van der Waals surface area contributed by atoms with Crippen molar-refractivity contribution in [1.82, 2.24) is 4.90 Å². The molecule has 22 heavy (non-hydrogen) atoms. The predicted octanol–water partition coefficient (Wildman–Crippen LogP) is 2.45. The minimum atomic E-state index is -0.0498. The van der Waals surface area contributed by atoms with Gasteiger partial charge in [-0.05, 0) is 25.0 Å². The Morgan fingerprint density at radius 3 is 3.00 bits per heavy atom. The van der Waals surface area contributed by atoms with Gasteiger partial charge >= 0.3 is 0 Å². The van der Waals surface area contributed by atoms with E-state index in [2.05, 4.69) is 0 Å². The van der Waals surface area contributed by atoms with Gasteiger partial charge in [-0.1, -0.05) is 18.2 Å². The van der Waals surface area contributed by atoms with Gasteiger partial charge in [-0.2, -0.15) is 0 Å². The predicted molar refractivity (Wildman–Crippen MR) is 80.8 cm³/mol. The molecule has 5 nitrogen and oxygen atoms in total. The summed E-state index contributed by atoms with van der Waals surface area (Å²) in [4.78, 5) is 14.7. The molecule has 1 aromatic heterocycles. The molecular weight excluding hydrogens is 282 g/mol. The van der Waals surface area contributed by atoms with E-state index >= 15 is 0 Å². The van der Waals surface area contributed by atoms with Crippen molar-refractivity contribution in [3.8, 4) is 0 Å². The Bertz CT molecular complexity index is 662. The van der Waals surface area contributed by atoms with Crippen molar-refractivity contribution in [2.45, 2.75) is 31.1 Å². The number of benzene rings is 1. The molecule has 5 heteroatoms. The highest BCUT2D eigenvalue weighted by atomic mass is 16.5. The van der Waals surface area contributed by atoms with Crippen LogP contribution in [0.15, 0.2) is 34.7 Å². The third-order valence-electron chi connectivity index (χ3n) is 4.74. The zero-order chi connectivity index (χ0) is 15.1. The van der Waals surface area contributed by atoms with Crippen LogP contribution in [0, 0.1) is 0 Å². The maximum atomic E-state index is 12.8. The lowest BCUT2D eigenvalue weighted by Gasteiger charge is -2.38. The van der Waals surface area contributed by atoms with Crippen molar-refractivity contribution < 1.29 is 18.7 Å². The van der Waals surface area contributed by atoms with E-state index in [1.54, 1.807) is 7.11 Å². The molecule has 0 bridgehead atoms. The molecule has 1 saturated heterocycles. The van der Waals surface area contributed by atoms with Crippen LogP contribution in [0.2, 0.25) is 0 Å². The van der Waals surface area contributed by atoms with Crippen LogP contribution in [-0.4, -0.2) is 49.3 Å². The highest BCUT2D eigenvalue weighted by Gasteiger charge is 2.45. The largest absolute Gasteiger partial charge is 0.451 e. The fourth-order valence-electron chi connectivity index (χ4n) is 3.65. The third kappa shape index (κ3) is 2.12. The van der Waals surface area contributed by atoms with Gasteiger partial charge in [0.2, 0.25) is 0 Å². The Kier molecular flexibility index (Phi) is 3.39. The highest BCUT2D eigenvalue weighted by Crippen LogP contribution is 2.33. The summed E-state index contributed by atoms with van der Waals surface area (Å²) in [7, 11) is 1.70. The third-order valence-corrected chi connectivity index (χ3v) is 4.74. The van der Waals surface area contributed by atoms with Crippen molar-refractivity contribution >= 4 is 16.9 Å². The molecular formula is C17H19NO4. The van der Waals surface area contributed by atoms with E-state index in [0.29, 0.717) is 18.9 Å². The van der Waals surface area contributed by atoms with E-state index in [9.17, 15) is 4.79 Å². The summed E-state index contributed by atoms with van der Waals surface area (Å²) in [6.45, 7) is 1.15. The van der Waals surface area contributed by atoms with Crippen LogP contribution in [0.25, 0.3) is 11.0 Å². The number of nitrogens with zero attached hydrogens (tertiary/aromatic N) is 1. The summed E-state index contributed by atoms with van der Waals surface area (Å²) in [6.07, 6.45) is 1.90. The molecule has 1 aliphatic carbocycles. The standard InChI is InChI=1S/C17H19NO4/c1-20-14-7-6-12-16(14)21-9-8-18(12)17(19)15-10-11-4-2-3-5-13(11)22-15/h2-5,10,12,14,16H,6-9H2,1H3/t12-,14-,16+/m0/s1. The average molecular weight is 301 g/mol. The molecule has 2 heterocycles. The number of amides is 1. The Balaban J connectivity index is 1.61. The molecule has 1 aliphatic heterocycles. The molecule has 2 aromatic rings. The zero-order valence-corrected chi connectivity index (χ0v) is 12.5. The summed E-state index contributed by atoms with van der Waals surface area (Å²) in [5.74, 6) is 0.356. The van der Waals surface area contributed by atoms with Crippen LogP contribution >= 0.6 is 0 Å². The van der Waals surface area contributed by atoms with Crippen LogP contribution in [0.4, 0.5) is 0 Å². The molecule has 4 rings (SSSR count). The molecule has 1 aromatic carbocycles. The lowest BCUT2D eigenvalue weighted by Crippen LogP contribution is -2.53. The van der Waals surface area contributed by atoms with Gasteiger partial charge in [-0.25, -0.2) is 0 Å². The summed E-state index contributed by atoms with van der Waals surface area (Å²) < 4.78 is 17.0. The van der Waals surface area contributed by atoms with Gasteiger partial charge in [-0.15, -0.1) is 0 Å². The number of ether oxygens (including phenoxy) is 2. The molecule has 0 unspecified atom stereocenters. The Morgan fingerprint density at radius 1 is 1.32 bits per heavy atom. The highest BCUT2D eigenvalue weighted by molar-refractivity contribution is 5.96. The van der Waals surface area contributed by atoms with Gasteiger partial charge in [0.25, 0.3) is 5.91 Å². The summed E-state index contributed by atoms with van der Waals surface area (Å²) in [5, 5.41) is 0.955. The van der Waals surface area contributed by atoms with E-state index in [1.165, 1.54) is 0 Å². The number of fused-ring (bicyclic) bond motifs is 2. The van der Waals surface area contributed by atoms with E-state index in [4.69, 9.17) is 13.9 Å². The molecule has 0 radical (unpaired) electrons. The maximum Gasteiger partial charge on any atom is 0.290 e. The minimum absolute atomic E-state index is 0.0212. The molecule has 1 amide bonds. The summed E-state index contributed by atoms with van der Waals surface area (Å²) in [5.41, 5.74) is 0.747. The first kappa shape index (κ1) is 13.8. The van der Waals surface area contributed by atoms with Crippen LogP contribution in [0.1, 0.15) is 23.4 Å². The number of para-hydroxylation sites is 1. The maximum absolute atomic E-state index is 12.8.